The van der Waals surface area contributed by atoms with Crippen molar-refractivity contribution in [2.45, 2.75) is 12.8 Å². The molecule has 0 atom stereocenters. The Morgan fingerprint density at radius 1 is 1.28 bits per heavy atom. The number of hydrogen-bond acceptors (Lipinski definition) is 8. The summed E-state index contributed by atoms with van der Waals surface area (Å²) in [5.41, 5.74) is 0.0743. The van der Waals surface area contributed by atoms with Gasteiger partial charge in [-0.1, -0.05) is 0 Å². The van der Waals surface area contributed by atoms with Crippen LogP contribution in [0.3, 0.4) is 0 Å². The molecular weight excluding hydrogens is 419 g/mol. The van der Waals surface area contributed by atoms with Crippen LogP contribution in [0.15, 0.2) is 24.4 Å². The summed E-state index contributed by atoms with van der Waals surface area (Å²) in [4.78, 5) is 26.0. The average molecular weight is 443 g/mol. The lowest BCUT2D eigenvalue weighted by atomic mass is 10.1. The lowest BCUT2D eigenvalue weighted by molar-refractivity contribution is -0.117. The van der Waals surface area contributed by atoms with Crippen LogP contribution in [0.4, 0.5) is 21.6 Å². The second-order valence-corrected chi connectivity index (χ2v) is 7.06. The third-order valence-corrected chi connectivity index (χ3v) is 4.76. The molecule has 1 aliphatic carbocycles. The molecule has 3 aromatic rings. The van der Waals surface area contributed by atoms with Crippen LogP contribution >= 0.6 is 0 Å². The fraction of sp³-hybridized carbons (Fsp3) is 0.300. The van der Waals surface area contributed by atoms with Gasteiger partial charge < -0.3 is 20.7 Å². The topological polar surface area (TPSA) is 136 Å². The van der Waals surface area contributed by atoms with Gasteiger partial charge in [-0.2, -0.15) is 15.0 Å². The van der Waals surface area contributed by atoms with Crippen LogP contribution in [0.5, 0.6) is 5.75 Å². The maximum atomic E-state index is 14.8. The van der Waals surface area contributed by atoms with E-state index in [-0.39, 0.29) is 51.7 Å². The van der Waals surface area contributed by atoms with E-state index in [1.807, 2.05) is 5.32 Å². The van der Waals surface area contributed by atoms with Gasteiger partial charge in [-0.25, -0.2) is 4.39 Å². The van der Waals surface area contributed by atoms with Crippen molar-refractivity contribution in [2.24, 2.45) is 13.0 Å². The van der Waals surface area contributed by atoms with Crippen LogP contribution in [0.2, 0.25) is 0 Å². The van der Waals surface area contributed by atoms with Gasteiger partial charge in [0.1, 0.15) is 11.5 Å². The average Bonchev–Trinajstić information content (AvgIpc) is 3.55. The quantitative estimate of drug-likeness (QED) is 0.504. The largest absolute Gasteiger partial charge is 0.494 e. The monoisotopic (exact) mass is 443 g/mol. The summed E-state index contributed by atoms with van der Waals surface area (Å²) in [5.74, 6) is -1.92. The molecule has 1 fully saturated rings. The van der Waals surface area contributed by atoms with Gasteiger partial charge in [-0.05, 0) is 25.0 Å². The van der Waals surface area contributed by atoms with Crippen LogP contribution in [-0.4, -0.2) is 51.1 Å². The molecule has 1 aliphatic rings. The van der Waals surface area contributed by atoms with E-state index >= 15 is 0 Å². The molecule has 2 heterocycles. The summed E-state index contributed by atoms with van der Waals surface area (Å²) < 4.78 is 42.1. The minimum absolute atomic E-state index is 0.00264. The van der Waals surface area contributed by atoms with Crippen molar-refractivity contribution in [3.63, 3.8) is 0 Å². The molecule has 12 heteroatoms. The van der Waals surface area contributed by atoms with E-state index in [1.165, 1.54) is 36.3 Å². The molecule has 2 amide bonds. The molecular formula is C20H21FN8O3. The Hall–Kier alpha value is -4.09. The predicted octanol–water partition coefficient (Wildman–Crippen LogP) is 1.87. The van der Waals surface area contributed by atoms with E-state index in [0.29, 0.717) is 0 Å². The molecule has 32 heavy (non-hydrogen) atoms. The smallest absolute Gasteiger partial charge is 0.273 e. The van der Waals surface area contributed by atoms with E-state index in [0.717, 1.165) is 12.8 Å². The van der Waals surface area contributed by atoms with Gasteiger partial charge >= 0.3 is 0 Å². The number of carbonyl (C=O) groups excluding carboxylic acids is 2. The first-order chi connectivity index (χ1) is 16.6. The van der Waals surface area contributed by atoms with E-state index in [9.17, 15) is 14.0 Å². The summed E-state index contributed by atoms with van der Waals surface area (Å²) in [7, 11) is 2.90. The predicted molar refractivity (Wildman–Crippen MR) is 113 cm³/mol. The van der Waals surface area contributed by atoms with Gasteiger partial charge in [0.25, 0.3) is 5.91 Å². The summed E-state index contributed by atoms with van der Waals surface area (Å²) in [6.07, 6.45) is 2.89. The number of halogens is 1. The van der Waals surface area contributed by atoms with Crippen LogP contribution in [0, 0.1) is 11.7 Å². The number of nitrogens with one attached hydrogen (secondary N) is 3. The van der Waals surface area contributed by atoms with E-state index in [1.54, 1.807) is 7.05 Å². The van der Waals surface area contributed by atoms with Crippen LogP contribution in [-0.2, 0) is 11.8 Å². The highest BCUT2D eigenvalue weighted by Gasteiger charge is 2.30. The highest BCUT2D eigenvalue weighted by molar-refractivity contribution is 6.00. The number of hydrogen-bond donors (Lipinski definition) is 3. The van der Waals surface area contributed by atoms with E-state index in [2.05, 4.69) is 31.0 Å². The summed E-state index contributed by atoms with van der Waals surface area (Å²) in [6, 6.07) is 3.86. The molecule has 2 aromatic heterocycles. The van der Waals surface area contributed by atoms with Crippen molar-refractivity contribution >= 4 is 29.0 Å². The number of nitrogens with zero attached hydrogens (tertiary/aromatic N) is 5. The first kappa shape index (κ1) is 17.6. The third kappa shape index (κ3) is 4.19. The van der Waals surface area contributed by atoms with Gasteiger partial charge in [0.15, 0.2) is 17.3 Å². The maximum absolute atomic E-state index is 14.8. The first-order valence-corrected chi connectivity index (χ1v) is 9.57. The summed E-state index contributed by atoms with van der Waals surface area (Å²) in [5, 5.41) is 23.1. The minimum Gasteiger partial charge on any atom is -0.494 e. The maximum Gasteiger partial charge on any atom is 0.273 e. The number of ether oxygens (including phenoxy) is 1. The highest BCUT2D eigenvalue weighted by Crippen LogP contribution is 2.39. The molecule has 1 aromatic carbocycles. The second kappa shape index (κ2) is 8.57. The number of aromatic nitrogens is 5. The standard InChI is InChI=1S/C20H21FN8O3/c1-22-20(31)17-13(8-15(26-27-17)25-19(30)10-4-5-10)24-12-7-6-11(21)16(18(12)32-3)14-9-23-29(2)28-14/h6-10H,4-5H2,1-3H3,(H,22,31)(H2,24,25,26,30)/i1D3. The Morgan fingerprint density at radius 3 is 2.75 bits per heavy atom. The van der Waals surface area contributed by atoms with Gasteiger partial charge in [0, 0.05) is 30.1 Å². The molecule has 0 saturated heterocycles. The molecule has 0 radical (unpaired) electrons. The third-order valence-electron chi connectivity index (χ3n) is 4.76. The van der Waals surface area contributed by atoms with Gasteiger partial charge in [0.05, 0.1) is 30.2 Å². The van der Waals surface area contributed by atoms with Crippen molar-refractivity contribution in [1.29, 1.82) is 0 Å². The normalized spacial score (nSPS) is 14.7. The fourth-order valence-corrected chi connectivity index (χ4v) is 3.06. The number of aryl methyl sites for hydroxylation is 1. The minimum atomic E-state index is -2.78. The molecule has 11 nitrogen and oxygen atoms in total. The molecule has 166 valence electrons. The first-order valence-electron chi connectivity index (χ1n) is 11.1. The fourth-order valence-electron chi connectivity index (χ4n) is 3.06. The zero-order chi connectivity index (χ0) is 25.3. The summed E-state index contributed by atoms with van der Waals surface area (Å²) >= 11 is 0. The number of methoxy groups -OCH3 is 1. The number of benzene rings is 1. The van der Waals surface area contributed by atoms with Gasteiger partial charge in [-0.15, -0.1) is 10.2 Å². The van der Waals surface area contributed by atoms with Crippen molar-refractivity contribution < 1.29 is 22.8 Å². The van der Waals surface area contributed by atoms with Crippen molar-refractivity contribution in [1.82, 2.24) is 30.5 Å². The Kier molecular flexibility index (Phi) is 4.71. The van der Waals surface area contributed by atoms with E-state index < -0.39 is 18.7 Å². The SMILES string of the molecule is [2H]C([2H])([2H])NC(=O)c1nnc(NC(=O)C2CC2)cc1Nc1ccc(F)c(-c2cnn(C)n2)c1OC. The Balaban J connectivity index is 1.75. The second-order valence-electron chi connectivity index (χ2n) is 7.06. The Labute approximate surface area is 186 Å². The van der Waals surface area contributed by atoms with Crippen molar-refractivity contribution in [3.8, 4) is 17.0 Å². The van der Waals surface area contributed by atoms with Crippen LogP contribution in [0.25, 0.3) is 11.3 Å². The lowest BCUT2D eigenvalue weighted by Gasteiger charge is -2.16. The Bertz CT molecular complexity index is 1290. The molecule has 0 bridgehead atoms. The molecule has 4 rings (SSSR count). The number of rotatable bonds is 7. The van der Waals surface area contributed by atoms with Crippen LogP contribution < -0.4 is 20.7 Å². The van der Waals surface area contributed by atoms with Gasteiger partial charge in [-0.3, -0.25) is 9.59 Å². The zero-order valence-electron chi connectivity index (χ0n) is 20.1. The molecule has 3 N–H and O–H groups in total. The lowest BCUT2D eigenvalue weighted by Crippen LogP contribution is -2.22. The van der Waals surface area contributed by atoms with Crippen molar-refractivity contribution in [3.05, 3.63) is 35.9 Å². The van der Waals surface area contributed by atoms with Crippen molar-refractivity contribution in [2.75, 3.05) is 24.7 Å². The van der Waals surface area contributed by atoms with Crippen LogP contribution in [0.1, 0.15) is 27.4 Å². The zero-order valence-corrected chi connectivity index (χ0v) is 17.1. The molecule has 0 unspecified atom stereocenters. The molecule has 0 aliphatic heterocycles. The highest BCUT2D eigenvalue weighted by atomic mass is 19.1. The molecule has 1 saturated carbocycles. The van der Waals surface area contributed by atoms with Gasteiger partial charge in [0.2, 0.25) is 5.91 Å². The number of carbonyl (C=O) groups is 2. The Morgan fingerprint density at radius 2 is 2.09 bits per heavy atom. The molecule has 0 spiro atoms. The number of anilines is 3. The van der Waals surface area contributed by atoms with E-state index in [4.69, 9.17) is 8.85 Å². The summed E-state index contributed by atoms with van der Waals surface area (Å²) in [6.45, 7) is -2.78. The number of amides is 2.